The maximum absolute atomic E-state index is 12.1. The highest BCUT2D eigenvalue weighted by atomic mass is 18.2. The van der Waals surface area contributed by atoms with Crippen LogP contribution < -0.4 is 10.2 Å². The van der Waals surface area contributed by atoms with Crippen LogP contribution in [0.3, 0.4) is 0 Å². The molecule has 8 nitrogen and oxygen atoms in total. The molecule has 0 unspecified atom stereocenters. The highest BCUT2D eigenvalue weighted by Gasteiger charge is 2.09. The molecule has 0 spiro atoms. The number of nitro groups is 2. The van der Waals surface area contributed by atoms with Crippen LogP contribution in [0, 0.1) is 38.9 Å². The van der Waals surface area contributed by atoms with Gasteiger partial charge in [0, 0.05) is 56.2 Å². The quantitative estimate of drug-likeness (QED) is 0.204. The molecule has 0 atom stereocenters. The first kappa shape index (κ1) is 25.1. The van der Waals surface area contributed by atoms with E-state index < -0.39 is 15.7 Å². The van der Waals surface area contributed by atoms with Crippen molar-refractivity contribution in [3.8, 4) is 0 Å². The Morgan fingerprint density at radius 1 is 0.742 bits per heavy atom. The first-order chi connectivity index (χ1) is 14.4. The van der Waals surface area contributed by atoms with Crippen molar-refractivity contribution in [3.63, 3.8) is 0 Å². The summed E-state index contributed by atoms with van der Waals surface area (Å²) >= 11 is 0. The molecule has 0 radical (unpaired) electrons. The van der Waals surface area contributed by atoms with Gasteiger partial charge in [0.1, 0.15) is 17.3 Å². The standard InChI is InChI=1S/C9H12N2O2.C6H4FNO2.C6H6FN/c1-11(2,3)9-6-4-8(5-7-9)10(12)13;7-5-1-3-6(4-2-5)8(9)10;7-5-1-3-6(8)4-2-5/h4-7H,1H2,2-3H3;1-4H;1-4H,8H2/i;2*7-1. The van der Waals surface area contributed by atoms with Gasteiger partial charge >= 0.3 is 0 Å². The summed E-state index contributed by atoms with van der Waals surface area (Å²) in [6.45, 7) is 0. The van der Waals surface area contributed by atoms with Crippen molar-refractivity contribution >= 4 is 22.7 Å². The monoisotopic (exact) mass is 430 g/mol. The molecule has 0 aliphatic heterocycles. The van der Waals surface area contributed by atoms with E-state index in [1.54, 1.807) is 12.1 Å². The number of anilines is 1. The average molecular weight is 430 g/mol. The summed E-state index contributed by atoms with van der Waals surface area (Å²) in [5.74, 6) is -0.718. The van der Waals surface area contributed by atoms with Crippen LogP contribution in [-0.2, 0) is 0 Å². The van der Waals surface area contributed by atoms with Crippen LogP contribution in [0.25, 0.3) is 0 Å². The number of nitrogens with two attached hydrogens (primary N) is 1. The SMILES string of the molecule is Nc1ccc([18F])cc1.O=[N+]([O-])c1ccc([18F])cc1.[CH2-][N+](C)(C)c1ccc([N+](=O)[O-])cc1. The zero-order chi connectivity index (χ0) is 23.6. The minimum absolute atomic E-state index is 0.0959. The Morgan fingerprint density at radius 3 is 1.35 bits per heavy atom. The second-order valence-electron chi connectivity index (χ2n) is 6.74. The second-order valence-corrected chi connectivity index (χ2v) is 6.74. The summed E-state index contributed by atoms with van der Waals surface area (Å²) in [6, 6.07) is 16.5. The van der Waals surface area contributed by atoms with Crippen molar-refractivity contribution in [1.82, 2.24) is 4.48 Å². The van der Waals surface area contributed by atoms with Gasteiger partial charge in [-0.3, -0.25) is 20.2 Å². The van der Waals surface area contributed by atoms with Crippen molar-refractivity contribution in [2.75, 3.05) is 19.8 Å². The topological polar surface area (TPSA) is 112 Å². The van der Waals surface area contributed by atoms with E-state index in [1.807, 2.05) is 14.1 Å². The summed E-state index contributed by atoms with van der Waals surface area (Å²) in [6.07, 6.45) is 0. The molecule has 3 aromatic carbocycles. The molecule has 164 valence electrons. The minimum atomic E-state index is -0.570. The maximum atomic E-state index is 12.1. The van der Waals surface area contributed by atoms with Gasteiger partial charge in [0.25, 0.3) is 11.4 Å². The van der Waals surface area contributed by atoms with Gasteiger partial charge in [-0.2, -0.15) is 0 Å². The van der Waals surface area contributed by atoms with Crippen molar-refractivity contribution in [2.45, 2.75) is 0 Å². The number of benzene rings is 3. The largest absolute Gasteiger partial charge is 0.429 e. The molecule has 0 heterocycles. The molecule has 10 heteroatoms. The predicted octanol–water partition coefficient (Wildman–Crippen LogP) is 5.10. The normalized spacial score (nSPS) is 10.1. The van der Waals surface area contributed by atoms with E-state index in [1.165, 1.54) is 36.4 Å². The molecule has 0 aliphatic rings. The van der Waals surface area contributed by atoms with E-state index in [0.29, 0.717) is 10.2 Å². The molecule has 3 rings (SSSR count). The number of halogens is 2. The van der Waals surface area contributed by atoms with E-state index in [4.69, 9.17) is 5.73 Å². The lowest BCUT2D eigenvalue weighted by Crippen LogP contribution is -2.31. The fourth-order valence-electron chi connectivity index (χ4n) is 2.00. The molecule has 0 aromatic heterocycles. The molecule has 0 aliphatic carbocycles. The molecular weight excluding hydrogens is 408 g/mol. The predicted molar refractivity (Wildman–Crippen MR) is 116 cm³/mol. The van der Waals surface area contributed by atoms with Crippen molar-refractivity contribution in [1.29, 1.82) is 0 Å². The van der Waals surface area contributed by atoms with Gasteiger partial charge in [0.05, 0.1) is 9.85 Å². The fourth-order valence-corrected chi connectivity index (χ4v) is 2.00. The van der Waals surface area contributed by atoms with Crippen LogP contribution >= 0.6 is 0 Å². The number of nitro benzene ring substituents is 2. The molecule has 2 N–H and O–H groups in total. The van der Waals surface area contributed by atoms with Crippen molar-refractivity contribution < 1.29 is 18.6 Å². The number of hydrogen-bond acceptors (Lipinski definition) is 5. The average Bonchev–Trinajstić information content (AvgIpc) is 2.71. The molecule has 0 saturated heterocycles. The highest BCUT2D eigenvalue weighted by Crippen LogP contribution is 2.21. The molecule has 0 fully saturated rings. The molecule has 0 amide bonds. The van der Waals surface area contributed by atoms with Gasteiger partial charge in [-0.05, 0) is 36.4 Å². The molecular formula is C21H22F2N4O4. The van der Waals surface area contributed by atoms with E-state index in [9.17, 15) is 29.0 Å². The summed E-state index contributed by atoms with van der Waals surface area (Å²) in [4.78, 5) is 19.4. The Bertz CT molecular complexity index is 967. The number of non-ortho nitro benzene ring substituents is 2. The lowest BCUT2D eigenvalue weighted by Gasteiger charge is -2.31. The van der Waals surface area contributed by atoms with Crippen LogP contribution in [0.4, 0.5) is 31.5 Å². The number of rotatable bonds is 3. The van der Waals surface area contributed by atoms with Crippen LogP contribution in [0.5, 0.6) is 0 Å². The molecule has 3 aromatic rings. The number of quaternary nitrogens is 1. The zero-order valence-electron chi connectivity index (χ0n) is 16.9. The zero-order valence-corrected chi connectivity index (χ0v) is 16.9. The third kappa shape index (κ3) is 9.41. The van der Waals surface area contributed by atoms with Gasteiger partial charge < -0.3 is 10.2 Å². The van der Waals surface area contributed by atoms with Crippen LogP contribution in [-0.4, -0.2) is 23.9 Å². The van der Waals surface area contributed by atoms with Gasteiger partial charge in [-0.15, -0.1) is 7.05 Å². The van der Waals surface area contributed by atoms with Gasteiger partial charge in [-0.1, -0.05) is 0 Å². The van der Waals surface area contributed by atoms with Gasteiger partial charge in [0.15, 0.2) is 0 Å². The Hall–Kier alpha value is -3.92. The van der Waals surface area contributed by atoms with E-state index in [-0.39, 0.29) is 17.2 Å². The first-order valence-corrected chi connectivity index (χ1v) is 8.74. The summed E-state index contributed by atoms with van der Waals surface area (Å²) in [5, 5.41) is 20.3. The van der Waals surface area contributed by atoms with Gasteiger partial charge in [0.2, 0.25) is 0 Å². The summed E-state index contributed by atoms with van der Waals surface area (Å²) < 4.78 is 24.6. The Balaban J connectivity index is 0.000000240. The van der Waals surface area contributed by atoms with E-state index in [2.05, 4.69) is 7.05 Å². The number of nitrogen functional groups attached to an aromatic ring is 1. The lowest BCUT2D eigenvalue weighted by molar-refractivity contribution is -0.385. The molecule has 0 bridgehead atoms. The second kappa shape index (κ2) is 11.3. The molecule has 0 saturated carbocycles. The van der Waals surface area contributed by atoms with E-state index in [0.717, 1.165) is 30.0 Å². The van der Waals surface area contributed by atoms with Crippen LogP contribution in [0.15, 0.2) is 72.8 Å². The highest BCUT2D eigenvalue weighted by molar-refractivity contribution is 5.47. The number of hydrogen-bond donors (Lipinski definition) is 1. The Labute approximate surface area is 178 Å². The third-order valence-electron chi connectivity index (χ3n) is 3.67. The van der Waals surface area contributed by atoms with Crippen LogP contribution in [0.1, 0.15) is 0 Å². The van der Waals surface area contributed by atoms with E-state index >= 15 is 0 Å². The van der Waals surface area contributed by atoms with Crippen molar-refractivity contribution in [3.05, 3.63) is 112 Å². The molecule has 31 heavy (non-hydrogen) atoms. The summed E-state index contributed by atoms with van der Waals surface area (Å²) in [5.41, 5.74) is 6.80. The number of nitrogens with zero attached hydrogens (tertiary/aromatic N) is 3. The smallest absolute Gasteiger partial charge is 0.269 e. The Morgan fingerprint density at radius 2 is 1.06 bits per heavy atom. The first-order valence-electron chi connectivity index (χ1n) is 8.74. The fraction of sp³-hybridized carbons (Fsp3) is 0.0952. The van der Waals surface area contributed by atoms with Crippen LogP contribution in [0.2, 0.25) is 0 Å². The maximum Gasteiger partial charge on any atom is 0.269 e. The minimum Gasteiger partial charge on any atom is -0.429 e. The Kier molecular flexibility index (Phi) is 9.17. The van der Waals surface area contributed by atoms with Gasteiger partial charge in [-0.25, -0.2) is 8.78 Å². The van der Waals surface area contributed by atoms with Crippen molar-refractivity contribution in [2.24, 2.45) is 0 Å². The summed E-state index contributed by atoms with van der Waals surface area (Å²) in [7, 11) is 7.69. The lowest BCUT2D eigenvalue weighted by atomic mass is 10.2. The third-order valence-corrected chi connectivity index (χ3v) is 3.67.